The number of benzene rings is 1. The molecule has 2 unspecified atom stereocenters. The second-order valence-corrected chi connectivity index (χ2v) is 6.23. The fraction of sp³-hybridized carbons (Fsp3) is 0.619. The summed E-state index contributed by atoms with van der Waals surface area (Å²) in [4.78, 5) is 25.2. The number of ether oxygens (including phenoxy) is 1. The molecule has 0 bridgehead atoms. The van der Waals surface area contributed by atoms with E-state index in [1.165, 1.54) is 24.9 Å². The van der Waals surface area contributed by atoms with Crippen LogP contribution in [-0.2, 0) is 9.59 Å². The Morgan fingerprint density at radius 1 is 1.04 bits per heavy atom. The molecule has 3 rings (SSSR count). The summed E-state index contributed by atoms with van der Waals surface area (Å²) >= 11 is 0. The Hall–Kier alpha value is -1.88. The lowest BCUT2D eigenvalue weighted by molar-refractivity contribution is -0.138. The van der Waals surface area contributed by atoms with Crippen LogP contribution in [0.3, 0.4) is 0 Å². The second kappa shape index (κ2) is 11.7. The van der Waals surface area contributed by atoms with E-state index in [0.717, 1.165) is 6.54 Å². The number of carbonyl (C=O) groups excluding carboxylic acids is 2. The van der Waals surface area contributed by atoms with E-state index >= 15 is 0 Å². The van der Waals surface area contributed by atoms with Crippen molar-refractivity contribution in [3.05, 3.63) is 29.8 Å². The molecule has 2 aliphatic rings. The molecule has 0 aromatic heterocycles. The Kier molecular flexibility index (Phi) is 9.96. The first-order valence-corrected chi connectivity index (χ1v) is 9.90. The standard InChI is InChI=1S/C17H22N2O3.2C2H6/c1-19-10-2-3-13(11-19)12-4-6-14(7-5-12)22-15-8-9-16(20)18-17(15)21;2*1-2/h4-7,13,15H,2-3,8-11H2,1H3,(H,18,20,21);2*1-2H3. The van der Waals surface area contributed by atoms with E-state index in [0.29, 0.717) is 24.5 Å². The minimum atomic E-state index is -0.565. The fourth-order valence-electron chi connectivity index (χ4n) is 3.21. The largest absolute Gasteiger partial charge is 0.481 e. The van der Waals surface area contributed by atoms with E-state index in [-0.39, 0.29) is 11.8 Å². The van der Waals surface area contributed by atoms with Crippen LogP contribution in [0.25, 0.3) is 0 Å². The predicted octanol–water partition coefficient (Wildman–Crippen LogP) is 3.73. The normalized spacial score (nSPS) is 23.0. The lowest BCUT2D eigenvalue weighted by atomic mass is 9.91. The van der Waals surface area contributed by atoms with Crippen molar-refractivity contribution < 1.29 is 14.3 Å². The van der Waals surface area contributed by atoms with E-state index < -0.39 is 6.10 Å². The summed E-state index contributed by atoms with van der Waals surface area (Å²) in [7, 11) is 2.16. The fourth-order valence-corrected chi connectivity index (χ4v) is 3.21. The highest BCUT2D eigenvalue weighted by Gasteiger charge is 2.28. The third kappa shape index (κ3) is 6.45. The summed E-state index contributed by atoms with van der Waals surface area (Å²) < 4.78 is 5.70. The number of rotatable bonds is 3. The van der Waals surface area contributed by atoms with E-state index in [2.05, 4.69) is 29.4 Å². The van der Waals surface area contributed by atoms with Gasteiger partial charge in [-0.15, -0.1) is 0 Å². The van der Waals surface area contributed by atoms with E-state index in [1.807, 2.05) is 39.8 Å². The van der Waals surface area contributed by atoms with Gasteiger partial charge in [-0.05, 0) is 50.0 Å². The van der Waals surface area contributed by atoms with Crippen molar-refractivity contribution in [2.24, 2.45) is 0 Å². The summed E-state index contributed by atoms with van der Waals surface area (Å²) in [5.74, 6) is 0.696. The topological polar surface area (TPSA) is 58.6 Å². The van der Waals surface area contributed by atoms with Crippen LogP contribution in [0.2, 0.25) is 0 Å². The van der Waals surface area contributed by atoms with Crippen molar-refractivity contribution in [2.75, 3.05) is 20.1 Å². The molecule has 5 heteroatoms. The molecule has 0 aliphatic carbocycles. The quantitative estimate of drug-likeness (QED) is 0.833. The van der Waals surface area contributed by atoms with E-state index in [4.69, 9.17) is 4.74 Å². The molecule has 0 spiro atoms. The summed E-state index contributed by atoms with van der Waals surface area (Å²) in [6.07, 6.45) is 2.67. The lowest BCUT2D eigenvalue weighted by Crippen LogP contribution is -2.46. The highest BCUT2D eigenvalue weighted by molar-refractivity contribution is 5.99. The zero-order valence-corrected chi connectivity index (χ0v) is 16.9. The van der Waals surface area contributed by atoms with Crippen LogP contribution in [0.5, 0.6) is 5.75 Å². The molecule has 0 saturated carbocycles. The number of amides is 2. The highest BCUT2D eigenvalue weighted by atomic mass is 16.5. The van der Waals surface area contributed by atoms with Gasteiger partial charge in [0.1, 0.15) is 5.75 Å². The lowest BCUT2D eigenvalue weighted by Gasteiger charge is -2.30. The average molecular weight is 363 g/mol. The third-order valence-corrected chi connectivity index (χ3v) is 4.44. The Balaban J connectivity index is 0.000000791. The summed E-state index contributed by atoms with van der Waals surface area (Å²) in [5.41, 5.74) is 1.32. The SMILES string of the molecule is CC.CC.CN1CCCC(c2ccc(OC3CCC(=O)NC3=O)cc2)C1. The van der Waals surface area contributed by atoms with Gasteiger partial charge in [0.25, 0.3) is 5.91 Å². The van der Waals surface area contributed by atoms with Crippen LogP contribution in [0.4, 0.5) is 0 Å². The van der Waals surface area contributed by atoms with Gasteiger partial charge in [0, 0.05) is 19.4 Å². The third-order valence-electron chi connectivity index (χ3n) is 4.44. The van der Waals surface area contributed by atoms with Crippen molar-refractivity contribution in [2.45, 2.75) is 65.4 Å². The summed E-state index contributed by atoms with van der Waals surface area (Å²) in [6.45, 7) is 10.3. The number of hydrogen-bond donors (Lipinski definition) is 1. The van der Waals surface area contributed by atoms with Crippen molar-refractivity contribution >= 4 is 11.8 Å². The Morgan fingerprint density at radius 3 is 2.27 bits per heavy atom. The zero-order valence-electron chi connectivity index (χ0n) is 16.9. The second-order valence-electron chi connectivity index (χ2n) is 6.23. The van der Waals surface area contributed by atoms with Crippen LogP contribution >= 0.6 is 0 Å². The molecule has 2 amide bonds. The number of imide groups is 1. The molecule has 26 heavy (non-hydrogen) atoms. The van der Waals surface area contributed by atoms with E-state index in [9.17, 15) is 9.59 Å². The molecular weight excluding hydrogens is 328 g/mol. The molecule has 1 aromatic carbocycles. The molecular formula is C21H34N2O3. The van der Waals surface area contributed by atoms with Crippen LogP contribution < -0.4 is 10.1 Å². The number of nitrogens with one attached hydrogen (secondary N) is 1. The van der Waals surface area contributed by atoms with Crippen LogP contribution in [0.15, 0.2) is 24.3 Å². The number of carbonyl (C=O) groups is 2. The van der Waals surface area contributed by atoms with Crippen molar-refractivity contribution in [1.82, 2.24) is 10.2 Å². The highest BCUT2D eigenvalue weighted by Crippen LogP contribution is 2.28. The van der Waals surface area contributed by atoms with Gasteiger partial charge >= 0.3 is 0 Å². The Bertz CT molecular complexity index is 557. The number of piperidine rings is 2. The first-order chi connectivity index (χ1) is 12.6. The van der Waals surface area contributed by atoms with Crippen LogP contribution in [-0.4, -0.2) is 43.0 Å². The first kappa shape index (κ1) is 22.2. The van der Waals surface area contributed by atoms with Gasteiger partial charge in [-0.3, -0.25) is 14.9 Å². The maximum absolute atomic E-state index is 11.7. The van der Waals surface area contributed by atoms with Gasteiger partial charge in [-0.1, -0.05) is 39.8 Å². The molecule has 2 heterocycles. The van der Waals surface area contributed by atoms with E-state index in [1.54, 1.807) is 0 Å². The summed E-state index contributed by atoms with van der Waals surface area (Å²) in [6, 6.07) is 8.03. The number of hydrogen-bond acceptors (Lipinski definition) is 4. The van der Waals surface area contributed by atoms with Gasteiger partial charge < -0.3 is 9.64 Å². The van der Waals surface area contributed by atoms with Crippen molar-refractivity contribution in [3.8, 4) is 5.75 Å². The van der Waals surface area contributed by atoms with Crippen molar-refractivity contribution in [1.29, 1.82) is 0 Å². The predicted molar refractivity (Wildman–Crippen MR) is 105 cm³/mol. The maximum Gasteiger partial charge on any atom is 0.267 e. The Morgan fingerprint density at radius 2 is 1.69 bits per heavy atom. The maximum atomic E-state index is 11.7. The molecule has 1 N–H and O–H groups in total. The van der Waals surface area contributed by atoms with Gasteiger partial charge in [0.15, 0.2) is 6.10 Å². The molecule has 146 valence electrons. The average Bonchev–Trinajstić information content (AvgIpc) is 2.68. The molecule has 0 radical (unpaired) electrons. The molecule has 2 atom stereocenters. The van der Waals surface area contributed by atoms with Gasteiger partial charge in [0.2, 0.25) is 5.91 Å². The molecule has 2 fully saturated rings. The van der Waals surface area contributed by atoms with Gasteiger partial charge in [0.05, 0.1) is 0 Å². The molecule has 2 aliphatic heterocycles. The number of likely N-dealkylation sites (N-methyl/N-ethyl adjacent to an activating group) is 1. The minimum Gasteiger partial charge on any atom is -0.481 e. The van der Waals surface area contributed by atoms with Crippen LogP contribution in [0.1, 0.15) is 64.9 Å². The van der Waals surface area contributed by atoms with Crippen LogP contribution in [0, 0.1) is 0 Å². The molecule has 2 saturated heterocycles. The van der Waals surface area contributed by atoms with Gasteiger partial charge in [-0.25, -0.2) is 0 Å². The van der Waals surface area contributed by atoms with Gasteiger partial charge in [-0.2, -0.15) is 0 Å². The number of nitrogens with zero attached hydrogens (tertiary/aromatic N) is 1. The Labute approximate surface area is 158 Å². The summed E-state index contributed by atoms with van der Waals surface area (Å²) in [5, 5.41) is 2.31. The van der Waals surface area contributed by atoms with Crippen molar-refractivity contribution in [3.63, 3.8) is 0 Å². The number of likely N-dealkylation sites (tertiary alicyclic amines) is 1. The molecule has 1 aromatic rings. The molecule has 5 nitrogen and oxygen atoms in total. The zero-order chi connectivity index (χ0) is 19.5. The first-order valence-electron chi connectivity index (χ1n) is 9.90. The smallest absolute Gasteiger partial charge is 0.267 e. The minimum absolute atomic E-state index is 0.221. The monoisotopic (exact) mass is 362 g/mol.